The van der Waals surface area contributed by atoms with Crippen LogP contribution in [-0.4, -0.2) is 14.8 Å². The molecule has 0 N–H and O–H groups in total. The zero-order valence-electron chi connectivity index (χ0n) is 9.99. The lowest BCUT2D eigenvalue weighted by Crippen LogP contribution is -2.07. The van der Waals surface area contributed by atoms with E-state index in [0.29, 0.717) is 21.7 Å². The van der Waals surface area contributed by atoms with Gasteiger partial charge in [0.1, 0.15) is 11.6 Å². The Labute approximate surface area is 118 Å². The molecule has 0 saturated carbocycles. The second kappa shape index (κ2) is 5.36. The van der Waals surface area contributed by atoms with Crippen molar-refractivity contribution < 1.29 is 4.39 Å². The van der Waals surface area contributed by atoms with E-state index in [4.69, 9.17) is 11.6 Å². The van der Waals surface area contributed by atoms with Crippen molar-refractivity contribution in [3.63, 3.8) is 0 Å². The summed E-state index contributed by atoms with van der Waals surface area (Å²) >= 11 is 8.99. The van der Waals surface area contributed by atoms with E-state index in [1.807, 2.05) is 18.4 Å². The molecule has 0 radical (unpaired) electrons. The fourth-order valence-electron chi connectivity index (χ4n) is 1.82. The van der Waals surface area contributed by atoms with Crippen molar-refractivity contribution in [2.24, 2.45) is 0 Å². The molecule has 18 heavy (non-hydrogen) atoms. The Balaban J connectivity index is 2.64. The third-order valence-corrected chi connectivity index (χ3v) is 3.45. The van der Waals surface area contributed by atoms with Crippen LogP contribution in [0.1, 0.15) is 25.7 Å². The summed E-state index contributed by atoms with van der Waals surface area (Å²) in [5, 5.41) is 8.05. The van der Waals surface area contributed by atoms with Gasteiger partial charge in [-0.3, -0.25) is 0 Å². The van der Waals surface area contributed by atoms with Crippen molar-refractivity contribution in [1.82, 2.24) is 14.8 Å². The van der Waals surface area contributed by atoms with Gasteiger partial charge in [0.05, 0.1) is 15.9 Å². The van der Waals surface area contributed by atoms with Crippen LogP contribution in [0.25, 0.3) is 11.4 Å². The molecule has 2 rings (SSSR count). The Morgan fingerprint density at radius 3 is 2.72 bits per heavy atom. The van der Waals surface area contributed by atoms with Gasteiger partial charge in [-0.1, -0.05) is 6.07 Å². The number of aromatic nitrogens is 3. The molecule has 0 spiro atoms. The lowest BCUT2D eigenvalue weighted by atomic mass is 10.2. The molecule has 1 heterocycles. The van der Waals surface area contributed by atoms with E-state index in [2.05, 4.69) is 26.1 Å². The van der Waals surface area contributed by atoms with E-state index in [1.54, 1.807) is 18.2 Å². The molecule has 96 valence electrons. The second-order valence-corrected chi connectivity index (χ2v) is 5.26. The number of hydrogen-bond acceptors (Lipinski definition) is 2. The molecular weight excluding hydrogens is 321 g/mol. The van der Waals surface area contributed by atoms with E-state index in [1.165, 1.54) is 0 Å². The Hall–Kier alpha value is -0.940. The van der Waals surface area contributed by atoms with Crippen molar-refractivity contribution in [2.75, 3.05) is 0 Å². The molecule has 0 aliphatic heterocycles. The Kier molecular flexibility index (Phi) is 4.02. The summed E-state index contributed by atoms with van der Waals surface area (Å²) in [5.74, 6) is 1.05. The molecule has 0 unspecified atom stereocenters. The topological polar surface area (TPSA) is 30.7 Å². The van der Waals surface area contributed by atoms with Gasteiger partial charge in [-0.15, -0.1) is 21.8 Å². The maximum absolute atomic E-state index is 14.1. The molecule has 2 aromatic rings. The third kappa shape index (κ3) is 2.29. The van der Waals surface area contributed by atoms with Gasteiger partial charge in [-0.25, -0.2) is 4.39 Å². The number of hydrogen-bond donors (Lipinski definition) is 0. The van der Waals surface area contributed by atoms with E-state index in [-0.39, 0.29) is 17.7 Å². The van der Waals surface area contributed by atoms with E-state index in [9.17, 15) is 4.39 Å². The van der Waals surface area contributed by atoms with Crippen LogP contribution in [0.5, 0.6) is 0 Å². The summed E-state index contributed by atoms with van der Waals surface area (Å²) in [6.45, 7) is 3.97. The number of benzene rings is 1. The molecule has 0 fully saturated rings. The summed E-state index contributed by atoms with van der Waals surface area (Å²) in [7, 11) is 0. The minimum atomic E-state index is -0.340. The van der Waals surface area contributed by atoms with Crippen LogP contribution in [0.15, 0.2) is 22.7 Å². The van der Waals surface area contributed by atoms with Gasteiger partial charge >= 0.3 is 0 Å². The average Bonchev–Trinajstić information content (AvgIpc) is 2.76. The van der Waals surface area contributed by atoms with Gasteiger partial charge < -0.3 is 4.57 Å². The molecule has 0 atom stereocenters. The van der Waals surface area contributed by atoms with Gasteiger partial charge in [0.15, 0.2) is 5.82 Å². The fourth-order valence-corrected chi connectivity index (χ4v) is 2.37. The Morgan fingerprint density at radius 2 is 2.11 bits per heavy atom. The van der Waals surface area contributed by atoms with Crippen LogP contribution < -0.4 is 0 Å². The standard InChI is InChI=1S/C12H12BrClFN3/c1-7(2)18-10(6-14)16-17-12(18)8-4-3-5-9(13)11(8)15/h3-5,7H,6H2,1-2H3. The van der Waals surface area contributed by atoms with Crippen molar-refractivity contribution in [3.05, 3.63) is 34.3 Å². The second-order valence-electron chi connectivity index (χ2n) is 4.14. The maximum Gasteiger partial charge on any atom is 0.167 e. The quantitative estimate of drug-likeness (QED) is 0.790. The summed E-state index contributed by atoms with van der Waals surface area (Å²) in [6.07, 6.45) is 0. The van der Waals surface area contributed by atoms with Crippen LogP contribution in [0, 0.1) is 5.82 Å². The monoisotopic (exact) mass is 331 g/mol. The van der Waals surface area contributed by atoms with E-state index < -0.39 is 0 Å². The first kappa shape index (κ1) is 13.5. The SMILES string of the molecule is CC(C)n1c(CCl)nnc1-c1cccc(Br)c1F. The largest absolute Gasteiger partial charge is 0.307 e. The number of alkyl halides is 1. The molecule has 0 aliphatic rings. The predicted molar refractivity (Wildman–Crippen MR) is 73.1 cm³/mol. The van der Waals surface area contributed by atoms with Gasteiger partial charge in [0.25, 0.3) is 0 Å². The first-order valence-corrected chi connectivity index (χ1v) is 6.83. The molecule has 3 nitrogen and oxygen atoms in total. The zero-order chi connectivity index (χ0) is 13.3. The highest BCUT2D eigenvalue weighted by Gasteiger charge is 2.19. The van der Waals surface area contributed by atoms with E-state index in [0.717, 1.165) is 0 Å². The molecule has 0 aliphatic carbocycles. The average molecular weight is 333 g/mol. The normalized spacial score (nSPS) is 11.2. The van der Waals surface area contributed by atoms with Crippen molar-refractivity contribution >= 4 is 27.5 Å². The van der Waals surface area contributed by atoms with Crippen molar-refractivity contribution in [2.45, 2.75) is 25.8 Å². The molecule has 0 saturated heterocycles. The molecular formula is C12H12BrClFN3. The first-order chi connectivity index (χ1) is 8.56. The van der Waals surface area contributed by atoms with E-state index >= 15 is 0 Å². The summed E-state index contributed by atoms with van der Waals surface area (Å²) in [4.78, 5) is 0. The maximum atomic E-state index is 14.1. The van der Waals surface area contributed by atoms with Crippen molar-refractivity contribution in [3.8, 4) is 11.4 Å². The van der Waals surface area contributed by atoms with Crippen LogP contribution in [0.4, 0.5) is 4.39 Å². The molecule has 1 aromatic heterocycles. The minimum Gasteiger partial charge on any atom is -0.307 e. The van der Waals surface area contributed by atoms with Gasteiger partial charge in [0, 0.05) is 6.04 Å². The zero-order valence-corrected chi connectivity index (χ0v) is 12.3. The minimum absolute atomic E-state index is 0.113. The number of halogens is 3. The summed E-state index contributed by atoms with van der Waals surface area (Å²) in [6, 6.07) is 5.21. The molecule has 1 aromatic carbocycles. The van der Waals surface area contributed by atoms with Crippen LogP contribution in [0.2, 0.25) is 0 Å². The number of rotatable bonds is 3. The van der Waals surface area contributed by atoms with Gasteiger partial charge in [-0.2, -0.15) is 0 Å². The van der Waals surface area contributed by atoms with Crippen LogP contribution in [-0.2, 0) is 5.88 Å². The summed E-state index contributed by atoms with van der Waals surface area (Å²) < 4.78 is 16.3. The fraction of sp³-hybridized carbons (Fsp3) is 0.333. The number of nitrogens with zero attached hydrogens (tertiary/aromatic N) is 3. The first-order valence-electron chi connectivity index (χ1n) is 5.50. The van der Waals surface area contributed by atoms with Gasteiger partial charge in [0.2, 0.25) is 0 Å². The molecule has 0 amide bonds. The van der Waals surface area contributed by atoms with Crippen LogP contribution in [0.3, 0.4) is 0 Å². The highest BCUT2D eigenvalue weighted by atomic mass is 79.9. The highest BCUT2D eigenvalue weighted by Crippen LogP contribution is 2.29. The summed E-state index contributed by atoms with van der Waals surface area (Å²) in [5.41, 5.74) is 0.418. The Morgan fingerprint density at radius 1 is 1.39 bits per heavy atom. The molecule has 6 heteroatoms. The lowest BCUT2D eigenvalue weighted by Gasteiger charge is -2.13. The predicted octanol–water partition coefficient (Wildman–Crippen LogP) is 4.17. The molecule has 0 bridgehead atoms. The smallest absolute Gasteiger partial charge is 0.167 e. The lowest BCUT2D eigenvalue weighted by molar-refractivity contribution is 0.578. The third-order valence-electron chi connectivity index (χ3n) is 2.59. The van der Waals surface area contributed by atoms with Crippen molar-refractivity contribution in [1.29, 1.82) is 0 Å². The van der Waals surface area contributed by atoms with Crippen LogP contribution >= 0.6 is 27.5 Å². The Bertz CT molecular complexity index is 568. The highest BCUT2D eigenvalue weighted by molar-refractivity contribution is 9.10. The van der Waals surface area contributed by atoms with Gasteiger partial charge in [-0.05, 0) is 41.9 Å².